The molecule has 0 bridgehead atoms. The van der Waals surface area contributed by atoms with Crippen molar-refractivity contribution in [3.63, 3.8) is 0 Å². The number of pyridine rings is 1. The van der Waals surface area contributed by atoms with Crippen LogP contribution < -0.4 is 5.32 Å². The van der Waals surface area contributed by atoms with Gasteiger partial charge in [-0.3, -0.25) is 4.98 Å². The molecular weight excluding hydrogens is 212 g/mol. The molecule has 2 aromatic rings. The van der Waals surface area contributed by atoms with Gasteiger partial charge in [-0.2, -0.15) is 0 Å². The fourth-order valence-electron chi connectivity index (χ4n) is 2.61. The Bertz CT molecular complexity index is 578. The number of aromatic hydroxyl groups is 1. The number of hydrogen-bond donors (Lipinski definition) is 2. The minimum Gasteiger partial charge on any atom is -0.508 e. The number of aryl methyl sites for hydroxylation is 1. The van der Waals surface area contributed by atoms with Crippen molar-refractivity contribution in [2.45, 2.75) is 19.8 Å². The average molecular weight is 228 g/mol. The van der Waals surface area contributed by atoms with E-state index in [1.807, 2.05) is 6.07 Å². The molecule has 0 atom stereocenters. The number of benzene rings is 1. The number of fused-ring (bicyclic) bond motifs is 2. The number of rotatable bonds is 0. The third kappa shape index (κ3) is 1.76. The van der Waals surface area contributed by atoms with Gasteiger partial charge >= 0.3 is 0 Å². The Labute approximate surface area is 100 Å². The summed E-state index contributed by atoms with van der Waals surface area (Å²) in [6.45, 7) is 4.17. The molecule has 0 saturated carbocycles. The summed E-state index contributed by atoms with van der Waals surface area (Å²) < 4.78 is 0. The lowest BCUT2D eigenvalue weighted by molar-refractivity contribution is 0.476. The van der Waals surface area contributed by atoms with Crippen LogP contribution in [0.25, 0.3) is 10.9 Å². The molecule has 0 amide bonds. The number of phenols is 1. The zero-order chi connectivity index (χ0) is 11.8. The van der Waals surface area contributed by atoms with Crippen LogP contribution in [-0.4, -0.2) is 23.2 Å². The first-order chi connectivity index (χ1) is 8.25. The minimum atomic E-state index is 0.288. The number of nitrogens with zero attached hydrogens (tertiary/aromatic N) is 1. The molecule has 0 radical (unpaired) electrons. The van der Waals surface area contributed by atoms with E-state index in [1.54, 1.807) is 12.1 Å². The number of aromatic nitrogens is 1. The molecule has 2 heterocycles. The summed E-state index contributed by atoms with van der Waals surface area (Å²) >= 11 is 0. The maximum Gasteiger partial charge on any atom is 0.117 e. The highest BCUT2D eigenvalue weighted by atomic mass is 16.3. The molecule has 1 aromatic carbocycles. The molecule has 1 aliphatic heterocycles. The summed E-state index contributed by atoms with van der Waals surface area (Å²) in [5.74, 6) is 0.288. The Morgan fingerprint density at radius 2 is 2.06 bits per heavy atom. The van der Waals surface area contributed by atoms with Gasteiger partial charge < -0.3 is 10.4 Å². The Morgan fingerprint density at radius 1 is 1.24 bits per heavy atom. The third-order valence-corrected chi connectivity index (χ3v) is 3.53. The first-order valence-electron chi connectivity index (χ1n) is 6.07. The van der Waals surface area contributed by atoms with Crippen molar-refractivity contribution in [1.82, 2.24) is 10.3 Å². The lowest BCUT2D eigenvalue weighted by Gasteiger charge is -2.12. The molecule has 1 aliphatic rings. The van der Waals surface area contributed by atoms with E-state index in [2.05, 4.69) is 12.2 Å². The largest absolute Gasteiger partial charge is 0.508 e. The first-order valence-corrected chi connectivity index (χ1v) is 6.07. The monoisotopic (exact) mass is 228 g/mol. The SMILES string of the molecule is Cc1c2c(nc3cc(O)ccc13)CCNCC2. The lowest BCUT2D eigenvalue weighted by Crippen LogP contribution is -2.16. The molecular formula is C14H16N2O. The molecule has 1 aromatic heterocycles. The molecule has 17 heavy (non-hydrogen) atoms. The molecule has 3 heteroatoms. The van der Waals surface area contributed by atoms with Crippen LogP contribution >= 0.6 is 0 Å². The van der Waals surface area contributed by atoms with E-state index in [4.69, 9.17) is 4.98 Å². The lowest BCUT2D eigenvalue weighted by atomic mass is 9.98. The zero-order valence-corrected chi connectivity index (χ0v) is 9.95. The first kappa shape index (κ1) is 10.5. The maximum absolute atomic E-state index is 9.53. The number of phenolic OH excluding ortho intramolecular Hbond substituents is 1. The summed E-state index contributed by atoms with van der Waals surface area (Å²) in [5, 5.41) is 14.1. The van der Waals surface area contributed by atoms with Crippen molar-refractivity contribution in [1.29, 1.82) is 0 Å². The van der Waals surface area contributed by atoms with Crippen LogP contribution in [0.1, 0.15) is 16.8 Å². The molecule has 3 nitrogen and oxygen atoms in total. The highest BCUT2D eigenvalue weighted by molar-refractivity contribution is 5.84. The van der Waals surface area contributed by atoms with E-state index >= 15 is 0 Å². The minimum absolute atomic E-state index is 0.288. The molecule has 0 saturated heterocycles. The van der Waals surface area contributed by atoms with Crippen molar-refractivity contribution in [2.24, 2.45) is 0 Å². The molecule has 3 rings (SSSR count). The summed E-state index contributed by atoms with van der Waals surface area (Å²) in [6.07, 6.45) is 2.02. The molecule has 0 aliphatic carbocycles. The topological polar surface area (TPSA) is 45.2 Å². The highest BCUT2D eigenvalue weighted by Gasteiger charge is 2.14. The van der Waals surface area contributed by atoms with E-state index in [9.17, 15) is 5.11 Å². The average Bonchev–Trinajstić information content (AvgIpc) is 2.54. The van der Waals surface area contributed by atoms with E-state index in [1.165, 1.54) is 16.8 Å². The van der Waals surface area contributed by atoms with Crippen molar-refractivity contribution in [3.8, 4) is 5.75 Å². The molecule has 0 unspecified atom stereocenters. The third-order valence-electron chi connectivity index (χ3n) is 3.53. The van der Waals surface area contributed by atoms with Gasteiger partial charge in [0.05, 0.1) is 5.52 Å². The van der Waals surface area contributed by atoms with Crippen molar-refractivity contribution in [2.75, 3.05) is 13.1 Å². The molecule has 0 spiro atoms. The zero-order valence-electron chi connectivity index (χ0n) is 9.95. The Balaban J connectivity index is 2.29. The van der Waals surface area contributed by atoms with Crippen molar-refractivity contribution >= 4 is 10.9 Å². The van der Waals surface area contributed by atoms with Gasteiger partial charge in [0.25, 0.3) is 0 Å². The van der Waals surface area contributed by atoms with Gasteiger partial charge in [0, 0.05) is 30.1 Å². The summed E-state index contributed by atoms with van der Waals surface area (Å²) in [7, 11) is 0. The second kappa shape index (κ2) is 4.00. The van der Waals surface area contributed by atoms with E-state index in [-0.39, 0.29) is 5.75 Å². The van der Waals surface area contributed by atoms with E-state index in [0.717, 1.165) is 36.8 Å². The normalized spacial score (nSPS) is 15.6. The van der Waals surface area contributed by atoms with Crippen LogP contribution in [-0.2, 0) is 12.8 Å². The highest BCUT2D eigenvalue weighted by Crippen LogP contribution is 2.26. The smallest absolute Gasteiger partial charge is 0.117 e. The Morgan fingerprint density at radius 3 is 2.94 bits per heavy atom. The van der Waals surface area contributed by atoms with Gasteiger partial charge in [-0.1, -0.05) is 0 Å². The van der Waals surface area contributed by atoms with Gasteiger partial charge in [-0.15, -0.1) is 0 Å². The van der Waals surface area contributed by atoms with Crippen molar-refractivity contribution < 1.29 is 5.11 Å². The van der Waals surface area contributed by atoms with Gasteiger partial charge in [-0.25, -0.2) is 0 Å². The quantitative estimate of drug-likeness (QED) is 0.724. The molecule has 0 fully saturated rings. The molecule has 2 N–H and O–H groups in total. The number of hydrogen-bond acceptors (Lipinski definition) is 3. The van der Waals surface area contributed by atoms with E-state index < -0.39 is 0 Å². The fraction of sp³-hybridized carbons (Fsp3) is 0.357. The second-order valence-corrected chi connectivity index (χ2v) is 4.61. The van der Waals surface area contributed by atoms with Crippen LogP contribution in [0.5, 0.6) is 5.75 Å². The standard InChI is InChI=1S/C14H16N2O/c1-9-11-3-2-10(17)8-14(11)16-13-5-7-15-6-4-12(9)13/h2-3,8,15,17H,4-7H2,1H3. The Hall–Kier alpha value is -1.61. The molecule has 88 valence electrons. The van der Waals surface area contributed by atoms with Crippen molar-refractivity contribution in [3.05, 3.63) is 35.0 Å². The van der Waals surface area contributed by atoms with Gasteiger partial charge in [-0.05, 0) is 43.1 Å². The van der Waals surface area contributed by atoms with Gasteiger partial charge in [0.15, 0.2) is 0 Å². The predicted octanol–water partition coefficient (Wildman–Crippen LogP) is 1.94. The summed E-state index contributed by atoms with van der Waals surface area (Å²) in [6, 6.07) is 5.45. The summed E-state index contributed by atoms with van der Waals surface area (Å²) in [5.41, 5.74) is 4.79. The van der Waals surface area contributed by atoms with E-state index in [0.29, 0.717) is 0 Å². The van der Waals surface area contributed by atoms with Crippen LogP contribution in [0.15, 0.2) is 18.2 Å². The maximum atomic E-state index is 9.53. The predicted molar refractivity (Wildman–Crippen MR) is 68.4 cm³/mol. The fourth-order valence-corrected chi connectivity index (χ4v) is 2.61. The summed E-state index contributed by atoms with van der Waals surface area (Å²) in [4.78, 5) is 4.70. The Kier molecular flexibility index (Phi) is 2.48. The van der Waals surface area contributed by atoms with Crippen LogP contribution in [0.2, 0.25) is 0 Å². The van der Waals surface area contributed by atoms with Crippen LogP contribution in [0, 0.1) is 6.92 Å². The van der Waals surface area contributed by atoms with Gasteiger partial charge in [0.2, 0.25) is 0 Å². The van der Waals surface area contributed by atoms with Crippen LogP contribution in [0.4, 0.5) is 0 Å². The van der Waals surface area contributed by atoms with Gasteiger partial charge in [0.1, 0.15) is 5.75 Å². The van der Waals surface area contributed by atoms with Crippen LogP contribution in [0.3, 0.4) is 0 Å². The second-order valence-electron chi connectivity index (χ2n) is 4.61. The number of nitrogens with one attached hydrogen (secondary N) is 1.